The van der Waals surface area contributed by atoms with Crippen molar-refractivity contribution in [3.63, 3.8) is 0 Å². The van der Waals surface area contributed by atoms with Crippen LogP contribution in [0, 0.1) is 5.92 Å². The lowest BCUT2D eigenvalue weighted by atomic mass is 10.0. The van der Waals surface area contributed by atoms with Gasteiger partial charge in [-0.25, -0.2) is 0 Å². The Morgan fingerprint density at radius 2 is 2.21 bits per heavy atom. The Balaban J connectivity index is 2.42. The van der Waals surface area contributed by atoms with Crippen LogP contribution in [-0.4, -0.2) is 29.9 Å². The average Bonchev–Trinajstić information content (AvgIpc) is 2.15. The van der Waals surface area contributed by atoms with Gasteiger partial charge >= 0.3 is 0 Å². The molecule has 0 spiro atoms. The van der Waals surface area contributed by atoms with Crippen molar-refractivity contribution in [2.45, 2.75) is 45.6 Å². The fraction of sp³-hybridized carbons (Fsp3) is 0.909. The zero-order valence-corrected chi connectivity index (χ0v) is 9.33. The van der Waals surface area contributed by atoms with E-state index in [9.17, 15) is 4.79 Å². The van der Waals surface area contributed by atoms with Crippen molar-refractivity contribution in [2.75, 3.05) is 13.1 Å². The smallest absolute Gasteiger partial charge is 0.234 e. The molecule has 82 valence electrons. The number of hydrogen-bond donors (Lipinski definition) is 1. The van der Waals surface area contributed by atoms with E-state index in [0.717, 1.165) is 32.4 Å². The Labute approximate surface area is 86.6 Å². The zero-order chi connectivity index (χ0) is 10.6. The van der Waals surface area contributed by atoms with Crippen molar-refractivity contribution in [1.29, 1.82) is 0 Å². The van der Waals surface area contributed by atoms with Gasteiger partial charge in [0.1, 0.15) is 0 Å². The average molecular weight is 198 g/mol. The third-order valence-electron chi connectivity index (χ3n) is 2.94. The van der Waals surface area contributed by atoms with Crippen LogP contribution in [0.1, 0.15) is 39.5 Å². The number of likely N-dealkylation sites (tertiary alicyclic amines) is 1. The van der Waals surface area contributed by atoms with Crippen LogP contribution >= 0.6 is 0 Å². The Hall–Kier alpha value is -0.570. The Morgan fingerprint density at radius 1 is 1.50 bits per heavy atom. The summed E-state index contributed by atoms with van der Waals surface area (Å²) in [4.78, 5) is 13.4. The summed E-state index contributed by atoms with van der Waals surface area (Å²) < 4.78 is 0. The molecular formula is C11H22N2O. The Bertz CT molecular complexity index is 192. The first-order chi connectivity index (χ1) is 6.61. The molecule has 3 nitrogen and oxygen atoms in total. The van der Waals surface area contributed by atoms with Crippen LogP contribution in [0.5, 0.6) is 0 Å². The number of piperidine rings is 1. The highest BCUT2D eigenvalue weighted by molar-refractivity contribution is 5.79. The number of nitrogens with two attached hydrogens (primary N) is 1. The van der Waals surface area contributed by atoms with Crippen molar-refractivity contribution in [2.24, 2.45) is 11.7 Å². The summed E-state index contributed by atoms with van der Waals surface area (Å²) in [6, 6.07) is 0.00231. The summed E-state index contributed by atoms with van der Waals surface area (Å²) in [7, 11) is 0. The van der Waals surface area contributed by atoms with Gasteiger partial charge in [0.2, 0.25) is 5.91 Å². The van der Waals surface area contributed by atoms with Gasteiger partial charge in [-0.2, -0.15) is 0 Å². The SMILES string of the molecule is CC(C)CCN1CCCCC1C(N)=O. The lowest BCUT2D eigenvalue weighted by Crippen LogP contribution is -2.48. The maximum Gasteiger partial charge on any atom is 0.234 e. The van der Waals surface area contributed by atoms with Crippen molar-refractivity contribution >= 4 is 5.91 Å². The van der Waals surface area contributed by atoms with E-state index in [2.05, 4.69) is 18.7 Å². The predicted octanol–water partition coefficient (Wildman–Crippen LogP) is 1.37. The van der Waals surface area contributed by atoms with Crippen molar-refractivity contribution in [3.8, 4) is 0 Å². The third kappa shape index (κ3) is 3.29. The van der Waals surface area contributed by atoms with Gasteiger partial charge in [0.05, 0.1) is 6.04 Å². The Kier molecular flexibility index (Phi) is 4.39. The van der Waals surface area contributed by atoms with E-state index in [-0.39, 0.29) is 11.9 Å². The van der Waals surface area contributed by atoms with Crippen LogP contribution in [0.2, 0.25) is 0 Å². The summed E-state index contributed by atoms with van der Waals surface area (Å²) in [5.74, 6) is 0.555. The Morgan fingerprint density at radius 3 is 2.79 bits per heavy atom. The molecule has 1 aliphatic heterocycles. The second-order valence-corrected chi connectivity index (χ2v) is 4.63. The minimum absolute atomic E-state index is 0.00231. The lowest BCUT2D eigenvalue weighted by Gasteiger charge is -2.33. The molecule has 0 aromatic rings. The highest BCUT2D eigenvalue weighted by Crippen LogP contribution is 2.17. The van der Waals surface area contributed by atoms with Crippen LogP contribution < -0.4 is 5.73 Å². The highest BCUT2D eigenvalue weighted by Gasteiger charge is 2.26. The molecule has 1 heterocycles. The molecule has 3 heteroatoms. The number of hydrogen-bond acceptors (Lipinski definition) is 2. The molecule has 0 saturated carbocycles. The predicted molar refractivity (Wildman–Crippen MR) is 57.9 cm³/mol. The standard InChI is InChI=1S/C11H22N2O/c1-9(2)6-8-13-7-4-3-5-10(13)11(12)14/h9-10H,3-8H2,1-2H3,(H2,12,14). The molecule has 14 heavy (non-hydrogen) atoms. The number of carbonyl (C=O) groups is 1. The molecule has 2 N–H and O–H groups in total. The maximum absolute atomic E-state index is 11.2. The van der Waals surface area contributed by atoms with Gasteiger partial charge in [-0.1, -0.05) is 20.3 Å². The van der Waals surface area contributed by atoms with Crippen molar-refractivity contribution in [3.05, 3.63) is 0 Å². The van der Waals surface area contributed by atoms with Gasteiger partial charge in [-0.15, -0.1) is 0 Å². The van der Waals surface area contributed by atoms with Crippen LogP contribution in [0.4, 0.5) is 0 Å². The molecular weight excluding hydrogens is 176 g/mol. The van der Waals surface area contributed by atoms with Crippen molar-refractivity contribution in [1.82, 2.24) is 4.90 Å². The number of carbonyl (C=O) groups excluding carboxylic acids is 1. The third-order valence-corrected chi connectivity index (χ3v) is 2.94. The molecule has 1 aliphatic rings. The summed E-state index contributed by atoms with van der Waals surface area (Å²) in [6.45, 7) is 6.48. The molecule has 0 aliphatic carbocycles. The van der Waals surface area contributed by atoms with E-state index in [0.29, 0.717) is 5.92 Å². The molecule has 0 bridgehead atoms. The largest absolute Gasteiger partial charge is 0.368 e. The number of nitrogens with zero attached hydrogens (tertiary/aromatic N) is 1. The summed E-state index contributed by atoms with van der Waals surface area (Å²) in [5, 5.41) is 0. The second kappa shape index (κ2) is 5.35. The molecule has 0 radical (unpaired) electrons. The fourth-order valence-electron chi connectivity index (χ4n) is 2.00. The molecule has 0 aromatic carbocycles. The number of rotatable bonds is 4. The van der Waals surface area contributed by atoms with Crippen LogP contribution in [0.3, 0.4) is 0 Å². The monoisotopic (exact) mass is 198 g/mol. The maximum atomic E-state index is 11.2. The van der Waals surface area contributed by atoms with E-state index in [4.69, 9.17) is 5.73 Å². The number of primary amides is 1. The minimum atomic E-state index is -0.145. The summed E-state index contributed by atoms with van der Waals surface area (Å²) in [6.07, 6.45) is 4.46. The molecule has 1 fully saturated rings. The molecule has 1 saturated heterocycles. The zero-order valence-electron chi connectivity index (χ0n) is 9.33. The first kappa shape index (κ1) is 11.5. The normalized spacial score (nSPS) is 24.1. The van der Waals surface area contributed by atoms with Gasteiger partial charge in [0.25, 0.3) is 0 Å². The highest BCUT2D eigenvalue weighted by atomic mass is 16.1. The van der Waals surface area contributed by atoms with Gasteiger partial charge in [0, 0.05) is 0 Å². The summed E-state index contributed by atoms with van der Waals surface area (Å²) in [5.41, 5.74) is 5.38. The quantitative estimate of drug-likeness (QED) is 0.741. The van der Waals surface area contributed by atoms with Crippen LogP contribution in [0.15, 0.2) is 0 Å². The van der Waals surface area contributed by atoms with Crippen LogP contribution in [0.25, 0.3) is 0 Å². The molecule has 1 rings (SSSR count). The van der Waals surface area contributed by atoms with E-state index in [1.807, 2.05) is 0 Å². The van der Waals surface area contributed by atoms with E-state index in [1.54, 1.807) is 0 Å². The fourth-order valence-corrected chi connectivity index (χ4v) is 2.00. The lowest BCUT2D eigenvalue weighted by molar-refractivity contribution is -0.124. The minimum Gasteiger partial charge on any atom is -0.368 e. The van der Waals surface area contributed by atoms with Gasteiger partial charge in [0.15, 0.2) is 0 Å². The van der Waals surface area contributed by atoms with Gasteiger partial charge in [-0.3, -0.25) is 9.69 Å². The molecule has 0 aromatic heterocycles. The summed E-state index contributed by atoms with van der Waals surface area (Å²) >= 11 is 0. The second-order valence-electron chi connectivity index (χ2n) is 4.63. The van der Waals surface area contributed by atoms with E-state index in [1.165, 1.54) is 6.42 Å². The number of amides is 1. The van der Waals surface area contributed by atoms with E-state index >= 15 is 0 Å². The van der Waals surface area contributed by atoms with Gasteiger partial charge in [-0.05, 0) is 38.3 Å². The molecule has 1 atom stereocenters. The first-order valence-electron chi connectivity index (χ1n) is 5.64. The van der Waals surface area contributed by atoms with Crippen LogP contribution in [-0.2, 0) is 4.79 Å². The first-order valence-corrected chi connectivity index (χ1v) is 5.64. The van der Waals surface area contributed by atoms with Gasteiger partial charge < -0.3 is 5.73 Å². The topological polar surface area (TPSA) is 46.3 Å². The van der Waals surface area contributed by atoms with Crippen molar-refractivity contribution < 1.29 is 4.79 Å². The van der Waals surface area contributed by atoms with E-state index < -0.39 is 0 Å². The molecule has 1 amide bonds. The molecule has 1 unspecified atom stereocenters.